The Hall–Kier alpha value is -2.05. The standard InChI is InChI=1S/C10H7F3O4/c1-16-8(14)6-4-2-3-5-7(6)17-9(15)10(11,12)13/h2-5H,1H3. The zero-order chi connectivity index (χ0) is 13.1. The van der Waals surface area contributed by atoms with Crippen LogP contribution in [0.1, 0.15) is 10.4 Å². The van der Waals surface area contributed by atoms with Gasteiger partial charge >= 0.3 is 18.1 Å². The maximum absolute atomic E-state index is 12.0. The van der Waals surface area contributed by atoms with E-state index in [0.29, 0.717) is 0 Å². The Morgan fingerprint density at radius 1 is 1.18 bits per heavy atom. The Balaban J connectivity index is 2.99. The third-order valence-electron chi connectivity index (χ3n) is 1.73. The minimum Gasteiger partial charge on any atom is -0.465 e. The fraction of sp³-hybridized carbons (Fsp3) is 0.200. The molecule has 0 saturated carbocycles. The summed E-state index contributed by atoms with van der Waals surface area (Å²) in [5.74, 6) is -3.79. The van der Waals surface area contributed by atoms with Crippen molar-refractivity contribution in [1.82, 2.24) is 0 Å². The predicted molar refractivity (Wildman–Crippen MR) is 49.5 cm³/mol. The molecule has 0 heterocycles. The van der Waals surface area contributed by atoms with E-state index in [4.69, 9.17) is 0 Å². The van der Waals surface area contributed by atoms with Crippen LogP contribution in [0.4, 0.5) is 13.2 Å². The van der Waals surface area contributed by atoms with Gasteiger partial charge in [-0.15, -0.1) is 0 Å². The molecule has 1 rings (SSSR count). The average Bonchev–Trinajstić information content (AvgIpc) is 2.27. The highest BCUT2D eigenvalue weighted by Crippen LogP contribution is 2.23. The Morgan fingerprint density at radius 2 is 1.76 bits per heavy atom. The molecule has 17 heavy (non-hydrogen) atoms. The van der Waals surface area contributed by atoms with Crippen LogP contribution >= 0.6 is 0 Å². The van der Waals surface area contributed by atoms with Gasteiger partial charge in [0.25, 0.3) is 0 Å². The summed E-state index contributed by atoms with van der Waals surface area (Å²) in [5, 5.41) is 0. The molecule has 4 nitrogen and oxygen atoms in total. The molecular formula is C10H7F3O4. The van der Waals surface area contributed by atoms with Crippen LogP contribution in [0.15, 0.2) is 24.3 Å². The molecule has 1 aromatic carbocycles. The van der Waals surface area contributed by atoms with E-state index in [1.165, 1.54) is 18.2 Å². The van der Waals surface area contributed by atoms with E-state index in [-0.39, 0.29) is 5.56 Å². The first-order valence-corrected chi connectivity index (χ1v) is 4.32. The molecule has 0 radical (unpaired) electrons. The van der Waals surface area contributed by atoms with Crippen LogP contribution in [0.25, 0.3) is 0 Å². The first kappa shape index (κ1) is 13.0. The molecule has 0 amide bonds. The summed E-state index contributed by atoms with van der Waals surface area (Å²) < 4.78 is 44.3. The Bertz CT molecular complexity index is 439. The summed E-state index contributed by atoms with van der Waals surface area (Å²) >= 11 is 0. The number of alkyl halides is 3. The summed E-state index contributed by atoms with van der Waals surface area (Å²) in [6.45, 7) is 0. The molecule has 0 aromatic heterocycles. The van der Waals surface area contributed by atoms with Gasteiger partial charge in [0.2, 0.25) is 0 Å². The molecular weight excluding hydrogens is 241 g/mol. The second-order valence-corrected chi connectivity index (χ2v) is 2.88. The summed E-state index contributed by atoms with van der Waals surface area (Å²) in [6, 6.07) is 4.98. The lowest BCUT2D eigenvalue weighted by molar-refractivity contribution is -0.189. The van der Waals surface area contributed by atoms with Gasteiger partial charge in [0.05, 0.1) is 7.11 Å². The molecule has 0 atom stereocenters. The number of carbonyl (C=O) groups excluding carboxylic acids is 2. The second kappa shape index (κ2) is 4.86. The molecule has 0 N–H and O–H groups in total. The van der Waals surface area contributed by atoms with Crippen LogP contribution in [0.5, 0.6) is 5.75 Å². The van der Waals surface area contributed by atoms with E-state index in [2.05, 4.69) is 9.47 Å². The molecule has 0 saturated heterocycles. The third-order valence-corrected chi connectivity index (χ3v) is 1.73. The summed E-state index contributed by atoms with van der Waals surface area (Å²) in [4.78, 5) is 21.8. The lowest BCUT2D eigenvalue weighted by Gasteiger charge is -2.09. The van der Waals surface area contributed by atoms with Gasteiger partial charge in [0.15, 0.2) is 0 Å². The third kappa shape index (κ3) is 3.20. The molecule has 7 heteroatoms. The van der Waals surface area contributed by atoms with Gasteiger partial charge in [-0.1, -0.05) is 12.1 Å². The van der Waals surface area contributed by atoms with E-state index in [1.54, 1.807) is 0 Å². The van der Waals surface area contributed by atoms with Crippen molar-refractivity contribution in [2.45, 2.75) is 6.18 Å². The maximum atomic E-state index is 12.0. The van der Waals surface area contributed by atoms with Crippen molar-refractivity contribution in [2.24, 2.45) is 0 Å². The SMILES string of the molecule is COC(=O)c1ccccc1OC(=O)C(F)(F)F. The predicted octanol–water partition coefficient (Wildman–Crippen LogP) is 1.94. The molecule has 0 bridgehead atoms. The molecule has 0 aliphatic carbocycles. The van der Waals surface area contributed by atoms with Gasteiger partial charge in [-0.25, -0.2) is 9.59 Å². The fourth-order valence-electron chi connectivity index (χ4n) is 0.992. The summed E-state index contributed by atoms with van der Waals surface area (Å²) in [6.07, 6.45) is -5.12. The van der Waals surface area contributed by atoms with Crippen LogP contribution in [0.2, 0.25) is 0 Å². The van der Waals surface area contributed by atoms with Crippen molar-refractivity contribution >= 4 is 11.9 Å². The zero-order valence-corrected chi connectivity index (χ0v) is 8.58. The second-order valence-electron chi connectivity index (χ2n) is 2.88. The molecule has 0 fully saturated rings. The van der Waals surface area contributed by atoms with Crippen molar-refractivity contribution in [3.63, 3.8) is 0 Å². The first-order chi connectivity index (χ1) is 7.86. The quantitative estimate of drug-likeness (QED) is 0.592. The number of hydrogen-bond acceptors (Lipinski definition) is 4. The number of esters is 2. The number of ether oxygens (including phenoxy) is 2. The zero-order valence-electron chi connectivity index (χ0n) is 8.58. The van der Waals surface area contributed by atoms with E-state index in [1.807, 2.05) is 0 Å². The highest BCUT2D eigenvalue weighted by atomic mass is 19.4. The number of rotatable bonds is 2. The van der Waals surface area contributed by atoms with Crippen LogP contribution in [0.3, 0.4) is 0 Å². The Labute approximate surface area is 93.9 Å². The minimum atomic E-state index is -5.12. The summed E-state index contributed by atoms with van der Waals surface area (Å²) in [5.41, 5.74) is -0.257. The number of methoxy groups -OCH3 is 1. The topological polar surface area (TPSA) is 52.6 Å². The van der Waals surface area contributed by atoms with Gasteiger partial charge in [0, 0.05) is 0 Å². The van der Waals surface area contributed by atoms with Crippen LogP contribution in [0, 0.1) is 0 Å². The van der Waals surface area contributed by atoms with Crippen molar-refractivity contribution in [1.29, 1.82) is 0 Å². The smallest absolute Gasteiger partial charge is 0.465 e. The number of hydrogen-bond donors (Lipinski definition) is 0. The van der Waals surface area contributed by atoms with Gasteiger partial charge in [-0.05, 0) is 12.1 Å². The van der Waals surface area contributed by atoms with Crippen LogP contribution in [-0.4, -0.2) is 25.2 Å². The molecule has 92 valence electrons. The average molecular weight is 248 g/mol. The van der Waals surface area contributed by atoms with Crippen molar-refractivity contribution in [3.05, 3.63) is 29.8 Å². The lowest BCUT2D eigenvalue weighted by atomic mass is 10.2. The normalized spacial score (nSPS) is 10.8. The van der Waals surface area contributed by atoms with Gasteiger partial charge < -0.3 is 9.47 Å². The maximum Gasteiger partial charge on any atom is 0.491 e. The van der Waals surface area contributed by atoms with Gasteiger partial charge in [0.1, 0.15) is 11.3 Å². The van der Waals surface area contributed by atoms with E-state index < -0.39 is 23.9 Å². The number of carbonyl (C=O) groups is 2. The number of halogens is 3. The molecule has 0 aliphatic heterocycles. The summed E-state index contributed by atoms with van der Waals surface area (Å²) in [7, 11) is 1.06. The Kier molecular flexibility index (Phi) is 3.72. The monoisotopic (exact) mass is 248 g/mol. The minimum absolute atomic E-state index is 0.257. The van der Waals surface area contributed by atoms with E-state index >= 15 is 0 Å². The molecule has 0 aliphatic rings. The van der Waals surface area contributed by atoms with Gasteiger partial charge in [-0.2, -0.15) is 13.2 Å². The largest absolute Gasteiger partial charge is 0.491 e. The molecule has 0 spiro atoms. The van der Waals surface area contributed by atoms with Crippen molar-refractivity contribution < 1.29 is 32.2 Å². The van der Waals surface area contributed by atoms with Crippen LogP contribution < -0.4 is 4.74 Å². The van der Waals surface area contributed by atoms with E-state index in [9.17, 15) is 22.8 Å². The number of benzene rings is 1. The van der Waals surface area contributed by atoms with Crippen LogP contribution in [-0.2, 0) is 9.53 Å². The highest BCUT2D eigenvalue weighted by Gasteiger charge is 2.41. The van der Waals surface area contributed by atoms with Gasteiger partial charge in [-0.3, -0.25) is 0 Å². The molecule has 1 aromatic rings. The molecule has 0 unspecified atom stereocenters. The lowest BCUT2D eigenvalue weighted by Crippen LogP contribution is -2.28. The fourth-order valence-corrected chi connectivity index (χ4v) is 0.992. The highest BCUT2D eigenvalue weighted by molar-refractivity contribution is 5.93. The van der Waals surface area contributed by atoms with Crippen molar-refractivity contribution in [2.75, 3.05) is 7.11 Å². The Morgan fingerprint density at radius 3 is 2.29 bits per heavy atom. The van der Waals surface area contributed by atoms with E-state index in [0.717, 1.165) is 13.2 Å². The number of para-hydroxylation sites is 1. The first-order valence-electron chi connectivity index (χ1n) is 4.32. The van der Waals surface area contributed by atoms with Crippen molar-refractivity contribution in [3.8, 4) is 5.75 Å².